The van der Waals surface area contributed by atoms with Gasteiger partial charge >= 0.3 is 5.97 Å². The largest absolute Gasteiger partial charge is 0.452 e. The van der Waals surface area contributed by atoms with Gasteiger partial charge < -0.3 is 15.4 Å². The summed E-state index contributed by atoms with van der Waals surface area (Å²) in [6.45, 7) is 2.39. The second kappa shape index (κ2) is 8.84. The Morgan fingerprint density at radius 3 is 2.72 bits per heavy atom. The first kappa shape index (κ1) is 19.2. The van der Waals surface area contributed by atoms with E-state index in [2.05, 4.69) is 17.6 Å². The molecule has 2 rings (SSSR count). The fourth-order valence-electron chi connectivity index (χ4n) is 2.60. The Balaban J connectivity index is 1.84. The van der Waals surface area contributed by atoms with E-state index in [-0.39, 0.29) is 11.5 Å². The predicted molar refractivity (Wildman–Crippen MR) is 95.3 cm³/mol. The lowest BCUT2D eigenvalue weighted by atomic mass is 10.1. The van der Waals surface area contributed by atoms with Crippen molar-refractivity contribution in [3.8, 4) is 0 Å². The fraction of sp³-hybridized carbons (Fsp3) is 0.529. The minimum absolute atomic E-state index is 0.0587. The lowest BCUT2D eigenvalue weighted by molar-refractivity contribution is -0.124. The Labute approximate surface area is 148 Å². The molecule has 1 amide bonds. The second-order valence-corrected chi connectivity index (χ2v) is 8.30. The molecule has 1 fully saturated rings. The number of para-hydroxylation sites is 1. The van der Waals surface area contributed by atoms with Crippen LogP contribution in [-0.2, 0) is 19.4 Å². The van der Waals surface area contributed by atoms with Crippen molar-refractivity contribution in [2.45, 2.75) is 32.2 Å². The third-order valence-corrected chi connectivity index (χ3v) is 5.69. The van der Waals surface area contributed by atoms with Gasteiger partial charge in [0.05, 0.1) is 17.1 Å². The summed E-state index contributed by atoms with van der Waals surface area (Å²) >= 11 is 0. The van der Waals surface area contributed by atoms with Gasteiger partial charge in [0.1, 0.15) is 0 Å². The number of carbonyl (C=O) groups excluding carboxylic acids is 2. The highest BCUT2D eigenvalue weighted by atomic mass is 32.2. The van der Waals surface area contributed by atoms with E-state index in [9.17, 15) is 18.0 Å². The maximum atomic E-state index is 12.2. The first-order valence-corrected chi connectivity index (χ1v) is 10.2. The Kier molecular flexibility index (Phi) is 6.81. The number of sulfone groups is 1. The quantitative estimate of drug-likeness (QED) is 0.531. The number of esters is 1. The van der Waals surface area contributed by atoms with Gasteiger partial charge in [-0.3, -0.25) is 4.79 Å². The van der Waals surface area contributed by atoms with E-state index < -0.39 is 34.4 Å². The molecule has 1 atom stereocenters. The number of carbonyl (C=O) groups is 2. The first-order valence-electron chi connectivity index (χ1n) is 8.41. The van der Waals surface area contributed by atoms with Crippen LogP contribution in [0.5, 0.6) is 0 Å². The van der Waals surface area contributed by atoms with Crippen LogP contribution in [0.4, 0.5) is 5.69 Å². The van der Waals surface area contributed by atoms with Crippen LogP contribution >= 0.6 is 0 Å². The van der Waals surface area contributed by atoms with Crippen molar-refractivity contribution in [3.63, 3.8) is 0 Å². The van der Waals surface area contributed by atoms with Crippen LogP contribution in [0.1, 0.15) is 36.5 Å². The van der Waals surface area contributed by atoms with Crippen LogP contribution < -0.4 is 10.6 Å². The number of rotatable bonds is 8. The second-order valence-electron chi connectivity index (χ2n) is 6.07. The van der Waals surface area contributed by atoms with Gasteiger partial charge in [0, 0.05) is 18.3 Å². The smallest absolute Gasteiger partial charge is 0.340 e. The molecule has 0 saturated carbocycles. The molecule has 7 nitrogen and oxygen atoms in total. The average Bonchev–Trinajstić information content (AvgIpc) is 2.92. The van der Waals surface area contributed by atoms with Crippen LogP contribution in [0, 0.1) is 0 Å². The molecule has 25 heavy (non-hydrogen) atoms. The van der Waals surface area contributed by atoms with E-state index in [1.165, 1.54) is 0 Å². The average molecular weight is 368 g/mol. The van der Waals surface area contributed by atoms with Crippen LogP contribution in [0.15, 0.2) is 24.3 Å². The molecule has 1 aromatic carbocycles. The topological polar surface area (TPSA) is 102 Å². The molecule has 1 heterocycles. The highest BCUT2D eigenvalue weighted by molar-refractivity contribution is 7.91. The maximum absolute atomic E-state index is 12.2. The van der Waals surface area contributed by atoms with Crippen molar-refractivity contribution in [1.29, 1.82) is 0 Å². The molecule has 0 aromatic heterocycles. The van der Waals surface area contributed by atoms with Crippen LogP contribution in [0.2, 0.25) is 0 Å². The van der Waals surface area contributed by atoms with E-state index in [0.29, 0.717) is 17.7 Å². The van der Waals surface area contributed by atoms with Crippen molar-refractivity contribution < 1.29 is 22.7 Å². The fourth-order valence-corrected chi connectivity index (χ4v) is 4.28. The van der Waals surface area contributed by atoms with Crippen LogP contribution in [-0.4, -0.2) is 51.0 Å². The molecule has 138 valence electrons. The van der Waals surface area contributed by atoms with Gasteiger partial charge in [-0.25, -0.2) is 13.2 Å². The van der Waals surface area contributed by atoms with E-state index in [0.717, 1.165) is 19.4 Å². The molecule has 0 bridgehead atoms. The van der Waals surface area contributed by atoms with Crippen LogP contribution in [0.25, 0.3) is 0 Å². The molecule has 0 spiro atoms. The highest BCUT2D eigenvalue weighted by Gasteiger charge is 2.29. The van der Waals surface area contributed by atoms with Gasteiger partial charge in [0.15, 0.2) is 16.4 Å². The Hall–Kier alpha value is -2.09. The highest BCUT2D eigenvalue weighted by Crippen LogP contribution is 2.16. The summed E-state index contributed by atoms with van der Waals surface area (Å²) in [7, 11) is -3.06. The van der Waals surface area contributed by atoms with Gasteiger partial charge in [-0.15, -0.1) is 0 Å². The Bertz CT molecular complexity index is 718. The summed E-state index contributed by atoms with van der Waals surface area (Å²) in [5.41, 5.74) is 1.04. The van der Waals surface area contributed by atoms with Crippen molar-refractivity contribution in [1.82, 2.24) is 5.32 Å². The summed E-state index contributed by atoms with van der Waals surface area (Å²) in [6, 6.07) is 6.57. The van der Waals surface area contributed by atoms with Gasteiger partial charge in [0.2, 0.25) is 0 Å². The normalized spacial score (nSPS) is 18.5. The monoisotopic (exact) mass is 368 g/mol. The molecule has 1 aliphatic heterocycles. The SMILES string of the molecule is CCCCNc1ccccc1C(=O)OCC(=O)N[C@H]1CCS(=O)(=O)C1. The van der Waals surface area contributed by atoms with E-state index in [1.807, 2.05) is 6.07 Å². The maximum Gasteiger partial charge on any atom is 0.340 e. The number of amides is 1. The molecule has 0 unspecified atom stereocenters. The number of hydrogen-bond acceptors (Lipinski definition) is 6. The number of benzene rings is 1. The molecule has 2 N–H and O–H groups in total. The predicted octanol–water partition coefficient (Wildman–Crippen LogP) is 1.36. The third-order valence-electron chi connectivity index (χ3n) is 3.92. The molecular formula is C17H24N2O5S. The lowest BCUT2D eigenvalue weighted by Crippen LogP contribution is -2.38. The summed E-state index contributed by atoms with van der Waals surface area (Å²) in [5.74, 6) is -1.06. The number of anilines is 1. The van der Waals surface area contributed by atoms with Crippen molar-refractivity contribution in [2.75, 3.05) is 30.0 Å². The van der Waals surface area contributed by atoms with Gasteiger partial charge in [-0.2, -0.15) is 0 Å². The number of hydrogen-bond donors (Lipinski definition) is 2. The standard InChI is InChI=1S/C17H24N2O5S/c1-2-3-9-18-15-7-5-4-6-14(15)17(21)24-11-16(20)19-13-8-10-25(22,23)12-13/h4-7,13,18H,2-3,8-12H2,1H3,(H,19,20)/t13-/m0/s1. The summed E-state index contributed by atoms with van der Waals surface area (Å²) < 4.78 is 27.8. The molecule has 0 aliphatic carbocycles. The minimum atomic E-state index is -3.06. The first-order chi connectivity index (χ1) is 11.9. The summed E-state index contributed by atoms with van der Waals surface area (Å²) in [4.78, 5) is 24.0. The van der Waals surface area contributed by atoms with Crippen molar-refractivity contribution >= 4 is 27.4 Å². The zero-order valence-corrected chi connectivity index (χ0v) is 15.1. The van der Waals surface area contributed by atoms with E-state index in [1.54, 1.807) is 18.2 Å². The number of nitrogens with one attached hydrogen (secondary N) is 2. The number of unbranched alkanes of at least 4 members (excludes halogenated alkanes) is 1. The lowest BCUT2D eigenvalue weighted by Gasteiger charge is -2.13. The van der Waals surface area contributed by atoms with E-state index >= 15 is 0 Å². The minimum Gasteiger partial charge on any atom is -0.452 e. The van der Waals surface area contributed by atoms with Crippen molar-refractivity contribution in [3.05, 3.63) is 29.8 Å². The van der Waals surface area contributed by atoms with Crippen molar-refractivity contribution in [2.24, 2.45) is 0 Å². The van der Waals surface area contributed by atoms with Gasteiger partial charge in [-0.05, 0) is 25.0 Å². The zero-order valence-electron chi connectivity index (χ0n) is 14.3. The Morgan fingerprint density at radius 2 is 2.04 bits per heavy atom. The summed E-state index contributed by atoms with van der Waals surface area (Å²) in [6.07, 6.45) is 2.42. The molecule has 1 aliphatic rings. The van der Waals surface area contributed by atoms with Gasteiger partial charge in [-0.1, -0.05) is 25.5 Å². The molecular weight excluding hydrogens is 344 g/mol. The van der Waals surface area contributed by atoms with Crippen LogP contribution in [0.3, 0.4) is 0 Å². The zero-order chi connectivity index (χ0) is 18.3. The number of ether oxygens (including phenoxy) is 1. The molecule has 1 saturated heterocycles. The Morgan fingerprint density at radius 1 is 1.28 bits per heavy atom. The van der Waals surface area contributed by atoms with E-state index in [4.69, 9.17) is 4.74 Å². The molecule has 0 radical (unpaired) electrons. The van der Waals surface area contributed by atoms with Gasteiger partial charge in [0.25, 0.3) is 5.91 Å². The summed E-state index contributed by atoms with van der Waals surface area (Å²) in [5, 5.41) is 5.77. The third kappa shape index (κ3) is 6.04. The molecule has 8 heteroatoms. The molecule has 1 aromatic rings.